The van der Waals surface area contributed by atoms with Crippen molar-refractivity contribution in [3.8, 4) is 0 Å². The maximum Gasteiger partial charge on any atom is 0.129 e. The van der Waals surface area contributed by atoms with Gasteiger partial charge in [0, 0.05) is 12.7 Å². The van der Waals surface area contributed by atoms with Gasteiger partial charge in [-0.05, 0) is 37.8 Å². The van der Waals surface area contributed by atoms with Gasteiger partial charge in [-0.2, -0.15) is 11.8 Å². The van der Waals surface area contributed by atoms with Crippen molar-refractivity contribution in [3.63, 3.8) is 0 Å². The van der Waals surface area contributed by atoms with Gasteiger partial charge in [-0.15, -0.1) is 0 Å². The van der Waals surface area contributed by atoms with Crippen LogP contribution in [0.3, 0.4) is 0 Å². The summed E-state index contributed by atoms with van der Waals surface area (Å²) in [4.78, 5) is 8.34. The standard InChI is InChI=1S/C11H19N3S/c1-10-12-8-6-11(14-10)13-7-4-3-5-9-15-2/h6,8H,3-5,7,9H2,1-2H3,(H,12,13,14). The molecule has 0 aliphatic heterocycles. The van der Waals surface area contributed by atoms with Crippen LogP contribution >= 0.6 is 11.8 Å². The first kappa shape index (κ1) is 12.3. The van der Waals surface area contributed by atoms with E-state index in [0.717, 1.165) is 18.2 Å². The molecule has 0 fully saturated rings. The van der Waals surface area contributed by atoms with E-state index in [4.69, 9.17) is 0 Å². The molecule has 1 heterocycles. The van der Waals surface area contributed by atoms with Crippen LogP contribution in [0, 0.1) is 6.92 Å². The largest absolute Gasteiger partial charge is 0.370 e. The van der Waals surface area contributed by atoms with Crippen LogP contribution in [0.2, 0.25) is 0 Å². The zero-order valence-electron chi connectivity index (χ0n) is 9.49. The number of hydrogen-bond acceptors (Lipinski definition) is 4. The number of anilines is 1. The van der Waals surface area contributed by atoms with Gasteiger partial charge in [-0.3, -0.25) is 0 Å². The van der Waals surface area contributed by atoms with Crippen LogP contribution in [-0.2, 0) is 0 Å². The van der Waals surface area contributed by atoms with Crippen molar-refractivity contribution in [2.75, 3.05) is 23.9 Å². The van der Waals surface area contributed by atoms with Crippen molar-refractivity contribution in [2.24, 2.45) is 0 Å². The lowest BCUT2D eigenvalue weighted by Gasteiger charge is -2.05. The third-order valence-electron chi connectivity index (χ3n) is 2.11. The molecule has 4 heteroatoms. The average molecular weight is 225 g/mol. The second-order valence-corrected chi connectivity index (χ2v) is 4.45. The van der Waals surface area contributed by atoms with Gasteiger partial charge in [-0.1, -0.05) is 6.42 Å². The van der Waals surface area contributed by atoms with Gasteiger partial charge in [0.05, 0.1) is 0 Å². The lowest BCUT2D eigenvalue weighted by atomic mass is 10.2. The molecule has 1 aromatic rings. The number of unbranched alkanes of at least 4 members (excludes halogenated alkanes) is 2. The van der Waals surface area contributed by atoms with Gasteiger partial charge in [0.25, 0.3) is 0 Å². The molecule has 1 rings (SSSR count). The lowest BCUT2D eigenvalue weighted by molar-refractivity contribution is 0.747. The van der Waals surface area contributed by atoms with Crippen molar-refractivity contribution < 1.29 is 0 Å². The fourth-order valence-electron chi connectivity index (χ4n) is 1.32. The van der Waals surface area contributed by atoms with E-state index in [1.54, 1.807) is 6.20 Å². The van der Waals surface area contributed by atoms with Crippen LogP contribution in [-0.4, -0.2) is 28.5 Å². The maximum absolute atomic E-state index is 4.28. The summed E-state index contributed by atoms with van der Waals surface area (Å²) in [5, 5.41) is 3.30. The highest BCUT2D eigenvalue weighted by Gasteiger charge is 1.94. The molecule has 1 N–H and O–H groups in total. The number of nitrogens with zero attached hydrogens (tertiary/aromatic N) is 2. The van der Waals surface area contributed by atoms with Crippen LogP contribution in [0.1, 0.15) is 25.1 Å². The average Bonchev–Trinajstić information content (AvgIpc) is 2.23. The zero-order valence-corrected chi connectivity index (χ0v) is 10.3. The Bertz CT molecular complexity index is 278. The molecule has 1 aromatic heterocycles. The fourth-order valence-corrected chi connectivity index (χ4v) is 1.81. The molecule has 0 bridgehead atoms. The van der Waals surface area contributed by atoms with Gasteiger partial charge in [-0.25, -0.2) is 9.97 Å². The second kappa shape index (κ2) is 7.51. The molecule has 0 amide bonds. The van der Waals surface area contributed by atoms with E-state index in [1.807, 2.05) is 24.8 Å². The third-order valence-corrected chi connectivity index (χ3v) is 2.80. The lowest BCUT2D eigenvalue weighted by Crippen LogP contribution is -2.04. The van der Waals surface area contributed by atoms with E-state index in [1.165, 1.54) is 25.0 Å². The Hall–Kier alpha value is -0.770. The smallest absolute Gasteiger partial charge is 0.129 e. The predicted molar refractivity (Wildman–Crippen MR) is 67.5 cm³/mol. The quantitative estimate of drug-likeness (QED) is 0.724. The summed E-state index contributed by atoms with van der Waals surface area (Å²) in [6.45, 7) is 2.91. The van der Waals surface area contributed by atoms with Crippen LogP contribution in [0.15, 0.2) is 12.3 Å². The second-order valence-electron chi connectivity index (χ2n) is 3.47. The molecule has 84 valence electrons. The van der Waals surface area contributed by atoms with Crippen molar-refractivity contribution >= 4 is 17.6 Å². The number of nitrogens with one attached hydrogen (secondary N) is 1. The first-order valence-corrected chi connectivity index (χ1v) is 6.75. The van der Waals surface area contributed by atoms with Crippen molar-refractivity contribution in [3.05, 3.63) is 18.1 Å². The minimum Gasteiger partial charge on any atom is -0.370 e. The van der Waals surface area contributed by atoms with E-state index in [2.05, 4.69) is 21.5 Å². The Morgan fingerprint density at radius 1 is 1.33 bits per heavy atom. The van der Waals surface area contributed by atoms with Gasteiger partial charge >= 0.3 is 0 Å². The SMILES string of the molecule is CSCCCCCNc1ccnc(C)n1. The van der Waals surface area contributed by atoms with Gasteiger partial charge < -0.3 is 5.32 Å². The van der Waals surface area contributed by atoms with E-state index in [0.29, 0.717) is 0 Å². The Balaban J connectivity index is 2.10. The van der Waals surface area contributed by atoms with E-state index < -0.39 is 0 Å². The van der Waals surface area contributed by atoms with Crippen molar-refractivity contribution in [1.29, 1.82) is 0 Å². The van der Waals surface area contributed by atoms with Crippen LogP contribution < -0.4 is 5.32 Å². The molecule has 0 atom stereocenters. The molecule has 0 unspecified atom stereocenters. The molecule has 3 nitrogen and oxygen atoms in total. The minimum absolute atomic E-state index is 0.822. The fraction of sp³-hybridized carbons (Fsp3) is 0.636. The predicted octanol–water partition coefficient (Wildman–Crippen LogP) is 2.73. The molecule has 0 spiro atoms. The maximum atomic E-state index is 4.28. The van der Waals surface area contributed by atoms with Gasteiger partial charge in [0.15, 0.2) is 0 Å². The Morgan fingerprint density at radius 3 is 2.93 bits per heavy atom. The number of rotatable bonds is 7. The molecule has 0 radical (unpaired) electrons. The van der Waals surface area contributed by atoms with E-state index >= 15 is 0 Å². The van der Waals surface area contributed by atoms with E-state index in [-0.39, 0.29) is 0 Å². The summed E-state index contributed by atoms with van der Waals surface area (Å²) in [5.74, 6) is 3.03. The summed E-state index contributed by atoms with van der Waals surface area (Å²) in [5.41, 5.74) is 0. The molecule has 0 saturated heterocycles. The number of aryl methyl sites for hydroxylation is 1. The summed E-state index contributed by atoms with van der Waals surface area (Å²) in [6.07, 6.45) is 7.76. The molecule has 0 aliphatic carbocycles. The Morgan fingerprint density at radius 2 is 2.20 bits per heavy atom. The molecule has 0 saturated carbocycles. The first-order chi connectivity index (χ1) is 7.33. The Labute approximate surface area is 96.1 Å². The van der Waals surface area contributed by atoms with Gasteiger partial charge in [0.2, 0.25) is 0 Å². The highest BCUT2D eigenvalue weighted by Crippen LogP contribution is 2.04. The highest BCUT2D eigenvalue weighted by atomic mass is 32.2. The van der Waals surface area contributed by atoms with Crippen LogP contribution in [0.4, 0.5) is 5.82 Å². The third kappa shape index (κ3) is 5.62. The number of hydrogen-bond donors (Lipinski definition) is 1. The molecular weight excluding hydrogens is 206 g/mol. The van der Waals surface area contributed by atoms with Gasteiger partial charge in [0.1, 0.15) is 11.6 Å². The van der Waals surface area contributed by atoms with E-state index in [9.17, 15) is 0 Å². The van der Waals surface area contributed by atoms with Crippen molar-refractivity contribution in [2.45, 2.75) is 26.2 Å². The Kier molecular flexibility index (Phi) is 6.16. The summed E-state index contributed by atoms with van der Waals surface area (Å²) < 4.78 is 0. The molecule has 15 heavy (non-hydrogen) atoms. The first-order valence-electron chi connectivity index (χ1n) is 5.35. The molecule has 0 aliphatic rings. The number of aromatic nitrogens is 2. The summed E-state index contributed by atoms with van der Waals surface area (Å²) in [7, 11) is 0. The molecule has 0 aromatic carbocycles. The monoisotopic (exact) mass is 225 g/mol. The zero-order chi connectivity index (χ0) is 10.9. The van der Waals surface area contributed by atoms with Crippen LogP contribution in [0.25, 0.3) is 0 Å². The molecular formula is C11H19N3S. The normalized spacial score (nSPS) is 10.3. The highest BCUT2D eigenvalue weighted by molar-refractivity contribution is 7.98. The van der Waals surface area contributed by atoms with Crippen molar-refractivity contribution in [1.82, 2.24) is 9.97 Å². The summed E-state index contributed by atoms with van der Waals surface area (Å²) in [6, 6.07) is 1.91. The minimum atomic E-state index is 0.822. The number of thioether (sulfide) groups is 1. The summed E-state index contributed by atoms with van der Waals surface area (Å²) >= 11 is 1.92. The van der Waals surface area contributed by atoms with Crippen LogP contribution in [0.5, 0.6) is 0 Å². The topological polar surface area (TPSA) is 37.8 Å².